The monoisotopic (exact) mass is 351 g/mol. The van der Waals surface area contributed by atoms with Gasteiger partial charge >= 0.3 is 0 Å². The van der Waals surface area contributed by atoms with Crippen LogP contribution in [0.4, 0.5) is 5.69 Å². The molecule has 1 aliphatic rings. The molecule has 1 fully saturated rings. The van der Waals surface area contributed by atoms with E-state index in [9.17, 15) is 0 Å². The van der Waals surface area contributed by atoms with E-state index in [1.54, 1.807) is 0 Å². The van der Waals surface area contributed by atoms with E-state index in [-0.39, 0.29) is 0 Å². The Morgan fingerprint density at radius 2 is 1.96 bits per heavy atom. The minimum Gasteiger partial charge on any atom is -0.378 e. The zero-order valence-electron chi connectivity index (χ0n) is 15.6. The molecule has 0 saturated carbocycles. The van der Waals surface area contributed by atoms with Crippen LogP contribution >= 0.6 is 0 Å². The van der Waals surface area contributed by atoms with Gasteiger partial charge in [0.2, 0.25) is 0 Å². The molecule has 0 aliphatic carbocycles. The third-order valence-electron chi connectivity index (χ3n) is 4.73. The van der Waals surface area contributed by atoms with Crippen LogP contribution in [0.15, 0.2) is 30.6 Å². The smallest absolute Gasteiger partial charge is 0.178 e. The Morgan fingerprint density at radius 3 is 2.73 bits per heavy atom. The third kappa shape index (κ3) is 3.17. The van der Waals surface area contributed by atoms with Crippen LogP contribution in [0.1, 0.15) is 25.2 Å². The van der Waals surface area contributed by atoms with Crippen molar-refractivity contribution in [2.24, 2.45) is 5.92 Å². The van der Waals surface area contributed by atoms with Gasteiger partial charge in [-0.25, -0.2) is 9.50 Å². The Morgan fingerprint density at radius 1 is 1.15 bits per heavy atom. The van der Waals surface area contributed by atoms with E-state index in [1.165, 1.54) is 0 Å². The lowest BCUT2D eigenvalue weighted by atomic mass is 10.0. The van der Waals surface area contributed by atoms with Crippen molar-refractivity contribution in [3.63, 3.8) is 0 Å². The number of pyridine rings is 1. The summed E-state index contributed by atoms with van der Waals surface area (Å²) in [5.41, 5.74) is 6.28. The van der Waals surface area contributed by atoms with Crippen molar-refractivity contribution >= 4 is 11.3 Å². The summed E-state index contributed by atoms with van der Waals surface area (Å²) in [5, 5.41) is 4.60. The Kier molecular flexibility index (Phi) is 4.59. The Labute approximate surface area is 153 Å². The zero-order valence-corrected chi connectivity index (χ0v) is 15.6. The summed E-state index contributed by atoms with van der Waals surface area (Å²) in [6.07, 6.45) is 4.71. The molecule has 0 atom stereocenters. The molecule has 26 heavy (non-hydrogen) atoms. The molecule has 3 aromatic heterocycles. The van der Waals surface area contributed by atoms with Gasteiger partial charge in [-0.3, -0.25) is 4.98 Å². The highest BCUT2D eigenvalue weighted by atomic mass is 16.5. The predicted octanol–water partition coefficient (Wildman–Crippen LogP) is 3.13. The van der Waals surface area contributed by atoms with Crippen LogP contribution in [0.2, 0.25) is 0 Å². The van der Waals surface area contributed by atoms with E-state index in [0.717, 1.165) is 66.7 Å². The highest BCUT2D eigenvalue weighted by molar-refractivity contribution is 5.75. The number of anilines is 1. The van der Waals surface area contributed by atoms with Crippen LogP contribution in [0.5, 0.6) is 0 Å². The number of aromatic nitrogens is 4. The largest absolute Gasteiger partial charge is 0.378 e. The number of morpholine rings is 1. The number of rotatable bonds is 4. The van der Waals surface area contributed by atoms with Gasteiger partial charge in [0.15, 0.2) is 5.65 Å². The van der Waals surface area contributed by atoms with Gasteiger partial charge in [0.1, 0.15) is 0 Å². The van der Waals surface area contributed by atoms with Crippen molar-refractivity contribution in [2.45, 2.75) is 27.2 Å². The predicted molar refractivity (Wildman–Crippen MR) is 103 cm³/mol. The van der Waals surface area contributed by atoms with Gasteiger partial charge < -0.3 is 9.64 Å². The summed E-state index contributed by atoms with van der Waals surface area (Å²) >= 11 is 0. The number of hydrogen-bond donors (Lipinski definition) is 0. The van der Waals surface area contributed by atoms with Gasteiger partial charge in [0.25, 0.3) is 0 Å². The summed E-state index contributed by atoms with van der Waals surface area (Å²) in [6, 6.07) is 6.26. The fraction of sp³-hybridized carbons (Fsp3) is 0.450. The molecule has 0 unspecified atom stereocenters. The zero-order chi connectivity index (χ0) is 18.1. The minimum absolute atomic E-state index is 0.576. The summed E-state index contributed by atoms with van der Waals surface area (Å²) in [6.45, 7) is 9.75. The van der Waals surface area contributed by atoms with Gasteiger partial charge in [0, 0.05) is 30.5 Å². The summed E-state index contributed by atoms with van der Waals surface area (Å²) in [5.74, 6) is 0.576. The van der Waals surface area contributed by atoms with Gasteiger partial charge in [-0.15, -0.1) is 0 Å². The molecule has 1 saturated heterocycles. The van der Waals surface area contributed by atoms with Gasteiger partial charge in [-0.1, -0.05) is 13.8 Å². The van der Waals surface area contributed by atoms with Crippen LogP contribution in [0, 0.1) is 12.8 Å². The van der Waals surface area contributed by atoms with E-state index < -0.39 is 0 Å². The number of imidazole rings is 1. The maximum absolute atomic E-state index is 5.48. The normalized spacial score (nSPS) is 15.2. The number of nitrogens with zero attached hydrogens (tertiary/aromatic N) is 5. The maximum Gasteiger partial charge on any atom is 0.178 e. The molecule has 0 bridgehead atoms. The SMILES string of the molecule is Cc1nc2c(N3CCOCC3)ccnn2c1-c1ccnc(CC(C)C)c1. The Balaban J connectivity index is 1.80. The molecule has 4 rings (SSSR count). The van der Waals surface area contributed by atoms with Crippen molar-refractivity contribution in [3.05, 3.63) is 42.0 Å². The topological polar surface area (TPSA) is 55.5 Å². The second-order valence-electron chi connectivity index (χ2n) is 7.23. The average molecular weight is 351 g/mol. The molecule has 0 amide bonds. The average Bonchev–Trinajstić information content (AvgIpc) is 2.98. The fourth-order valence-corrected chi connectivity index (χ4v) is 3.58. The van der Waals surface area contributed by atoms with Gasteiger partial charge in [-0.05, 0) is 37.5 Å². The van der Waals surface area contributed by atoms with Crippen LogP contribution in [-0.2, 0) is 11.2 Å². The fourth-order valence-electron chi connectivity index (χ4n) is 3.58. The minimum atomic E-state index is 0.576. The van der Waals surface area contributed by atoms with Gasteiger partial charge in [0.05, 0.1) is 36.5 Å². The second-order valence-corrected chi connectivity index (χ2v) is 7.23. The third-order valence-corrected chi connectivity index (χ3v) is 4.73. The first-order valence-corrected chi connectivity index (χ1v) is 9.26. The van der Waals surface area contributed by atoms with Crippen LogP contribution < -0.4 is 4.90 Å². The maximum atomic E-state index is 5.48. The lowest BCUT2D eigenvalue weighted by Gasteiger charge is -2.28. The molecule has 1 aliphatic heterocycles. The summed E-state index contributed by atoms with van der Waals surface area (Å²) < 4.78 is 7.45. The Hall–Kier alpha value is -2.47. The summed E-state index contributed by atoms with van der Waals surface area (Å²) in [7, 11) is 0. The Bertz CT molecular complexity index is 912. The molecular formula is C20H25N5O. The lowest BCUT2D eigenvalue weighted by Crippen LogP contribution is -2.36. The standard InChI is InChI=1S/C20H25N5O/c1-14(2)12-17-13-16(4-6-21-17)19-15(3)23-20-18(5-7-22-25(19)20)24-8-10-26-11-9-24/h4-7,13-14H,8-12H2,1-3H3. The van der Waals surface area contributed by atoms with E-state index in [2.05, 4.69) is 41.8 Å². The molecule has 0 aromatic carbocycles. The number of aryl methyl sites for hydroxylation is 1. The van der Waals surface area contributed by atoms with Crippen LogP contribution in [-0.4, -0.2) is 45.9 Å². The molecule has 136 valence electrons. The van der Waals surface area contributed by atoms with E-state index in [4.69, 9.17) is 9.72 Å². The van der Waals surface area contributed by atoms with Crippen molar-refractivity contribution in [1.29, 1.82) is 0 Å². The molecule has 4 heterocycles. The molecule has 0 radical (unpaired) electrons. The van der Waals surface area contributed by atoms with Crippen LogP contribution in [0.3, 0.4) is 0 Å². The van der Waals surface area contributed by atoms with Gasteiger partial charge in [-0.2, -0.15) is 5.10 Å². The summed E-state index contributed by atoms with van der Waals surface area (Å²) in [4.78, 5) is 11.7. The number of fused-ring (bicyclic) bond motifs is 1. The van der Waals surface area contributed by atoms with E-state index >= 15 is 0 Å². The second kappa shape index (κ2) is 7.03. The van der Waals surface area contributed by atoms with Crippen molar-refractivity contribution < 1.29 is 4.74 Å². The highest BCUT2D eigenvalue weighted by Gasteiger charge is 2.19. The molecule has 0 spiro atoms. The quantitative estimate of drug-likeness (QED) is 0.723. The first kappa shape index (κ1) is 17.0. The van der Waals surface area contributed by atoms with Crippen molar-refractivity contribution in [1.82, 2.24) is 19.6 Å². The van der Waals surface area contributed by atoms with E-state index in [1.807, 2.05) is 29.0 Å². The van der Waals surface area contributed by atoms with Crippen molar-refractivity contribution in [3.8, 4) is 11.3 Å². The molecule has 6 heteroatoms. The molecule has 3 aromatic rings. The highest BCUT2D eigenvalue weighted by Crippen LogP contribution is 2.29. The first-order chi connectivity index (χ1) is 12.6. The number of ether oxygens (including phenoxy) is 1. The van der Waals surface area contributed by atoms with E-state index in [0.29, 0.717) is 5.92 Å². The van der Waals surface area contributed by atoms with Crippen molar-refractivity contribution in [2.75, 3.05) is 31.2 Å². The lowest BCUT2D eigenvalue weighted by molar-refractivity contribution is 0.123. The number of hydrogen-bond acceptors (Lipinski definition) is 5. The molecule has 0 N–H and O–H groups in total. The first-order valence-electron chi connectivity index (χ1n) is 9.26. The molecular weight excluding hydrogens is 326 g/mol. The van der Waals surface area contributed by atoms with Crippen LogP contribution in [0.25, 0.3) is 16.9 Å². The molecule has 6 nitrogen and oxygen atoms in total.